The molecule has 1 unspecified atom stereocenters. The number of nitrogens with zero attached hydrogens (tertiary/aromatic N) is 3. The van der Waals surface area contributed by atoms with E-state index in [2.05, 4.69) is 48.4 Å². The molecule has 0 aliphatic carbocycles. The third-order valence-electron chi connectivity index (χ3n) is 5.21. The number of likely N-dealkylation sites (tertiary alicyclic amines) is 1. The monoisotopic (exact) mass is 382 g/mol. The number of anilines is 1. The third kappa shape index (κ3) is 3.72. The van der Waals surface area contributed by atoms with Crippen molar-refractivity contribution in [3.63, 3.8) is 0 Å². The van der Waals surface area contributed by atoms with Crippen LogP contribution in [0.1, 0.15) is 54.4 Å². The third-order valence-corrected chi connectivity index (χ3v) is 6.05. The minimum absolute atomic E-state index is 0.0975. The summed E-state index contributed by atoms with van der Waals surface area (Å²) in [6, 6.07) is 8.94. The number of aryl methyl sites for hydroxylation is 1. The quantitative estimate of drug-likeness (QED) is 0.720. The van der Waals surface area contributed by atoms with Crippen LogP contribution in [0.2, 0.25) is 0 Å². The van der Waals surface area contributed by atoms with Gasteiger partial charge in [-0.15, -0.1) is 11.3 Å². The van der Waals surface area contributed by atoms with Crippen LogP contribution in [0, 0.1) is 6.92 Å². The van der Waals surface area contributed by atoms with Crippen LogP contribution < -0.4 is 5.32 Å². The molecule has 1 atom stereocenters. The molecule has 2 aromatic heterocycles. The lowest BCUT2D eigenvalue weighted by molar-refractivity contribution is 0.0708. The number of piperidine rings is 1. The van der Waals surface area contributed by atoms with Crippen molar-refractivity contribution in [1.82, 2.24) is 14.3 Å². The van der Waals surface area contributed by atoms with Crippen molar-refractivity contribution in [3.8, 4) is 0 Å². The van der Waals surface area contributed by atoms with E-state index in [0.717, 1.165) is 48.0 Å². The molecular weight excluding hydrogens is 356 g/mol. The van der Waals surface area contributed by atoms with Crippen LogP contribution in [0.4, 0.5) is 5.69 Å². The number of nitrogens with one attached hydrogen (secondary N) is 1. The molecule has 0 bridgehead atoms. The van der Waals surface area contributed by atoms with Gasteiger partial charge >= 0.3 is 0 Å². The zero-order chi connectivity index (χ0) is 19.0. The summed E-state index contributed by atoms with van der Waals surface area (Å²) in [7, 11) is 0. The molecule has 4 rings (SSSR count). The van der Waals surface area contributed by atoms with Gasteiger partial charge < -0.3 is 10.2 Å². The van der Waals surface area contributed by atoms with E-state index < -0.39 is 0 Å². The molecule has 1 amide bonds. The summed E-state index contributed by atoms with van der Waals surface area (Å²) in [5, 5.41) is 5.53. The smallest absolute Gasteiger partial charge is 0.271 e. The summed E-state index contributed by atoms with van der Waals surface area (Å²) in [4.78, 5) is 20.4. The molecule has 1 fully saturated rings. The Kier molecular flexibility index (Phi) is 4.91. The van der Waals surface area contributed by atoms with E-state index in [0.29, 0.717) is 5.92 Å². The topological polar surface area (TPSA) is 49.6 Å². The Morgan fingerprint density at radius 2 is 2.07 bits per heavy atom. The molecule has 3 aromatic rings. The fraction of sp³-hybridized carbons (Fsp3) is 0.429. The summed E-state index contributed by atoms with van der Waals surface area (Å²) in [6.07, 6.45) is 4.04. The lowest BCUT2D eigenvalue weighted by atomic mass is 10.0. The van der Waals surface area contributed by atoms with E-state index in [1.54, 1.807) is 0 Å². The van der Waals surface area contributed by atoms with Crippen LogP contribution in [0.3, 0.4) is 0 Å². The second-order valence-corrected chi connectivity index (χ2v) is 8.50. The Hall–Kier alpha value is -2.34. The maximum Gasteiger partial charge on any atom is 0.271 e. The molecule has 6 heteroatoms. The van der Waals surface area contributed by atoms with Gasteiger partial charge in [-0.25, -0.2) is 4.98 Å². The van der Waals surface area contributed by atoms with Gasteiger partial charge in [0.2, 0.25) is 0 Å². The SMILES string of the molecule is Cc1cn2c(C(=O)N3CCCC(Nc4ccc(C(C)C)cc4)C3)csc2n1. The lowest BCUT2D eigenvalue weighted by Gasteiger charge is -2.33. The van der Waals surface area contributed by atoms with Gasteiger partial charge in [0, 0.05) is 36.4 Å². The standard InChI is InChI=1S/C21H26N4OS/c1-14(2)16-6-8-17(9-7-16)23-18-5-4-10-24(12-18)20(26)19-13-27-21-22-15(3)11-25(19)21/h6-9,11,13-14,18,23H,4-5,10,12H2,1-3H3. The van der Waals surface area contributed by atoms with E-state index in [9.17, 15) is 4.79 Å². The summed E-state index contributed by atoms with van der Waals surface area (Å²) in [6.45, 7) is 7.91. The van der Waals surface area contributed by atoms with E-state index in [-0.39, 0.29) is 11.9 Å². The zero-order valence-corrected chi connectivity index (χ0v) is 16.9. The average molecular weight is 383 g/mol. The molecule has 0 spiro atoms. The Morgan fingerprint density at radius 1 is 1.30 bits per heavy atom. The predicted molar refractivity (Wildman–Crippen MR) is 111 cm³/mol. The first-order valence-electron chi connectivity index (χ1n) is 9.60. The summed E-state index contributed by atoms with van der Waals surface area (Å²) >= 11 is 1.52. The lowest BCUT2D eigenvalue weighted by Crippen LogP contribution is -2.45. The second kappa shape index (κ2) is 7.35. The molecule has 5 nitrogen and oxygen atoms in total. The Labute approximate surface area is 164 Å². The highest BCUT2D eigenvalue weighted by atomic mass is 32.1. The van der Waals surface area contributed by atoms with Gasteiger partial charge in [-0.05, 0) is 43.4 Å². The molecule has 1 saturated heterocycles. The van der Waals surface area contributed by atoms with Crippen molar-refractivity contribution in [2.45, 2.75) is 45.6 Å². The largest absolute Gasteiger partial charge is 0.381 e. The first-order valence-corrected chi connectivity index (χ1v) is 10.5. The van der Waals surface area contributed by atoms with Crippen LogP contribution in [0.5, 0.6) is 0 Å². The van der Waals surface area contributed by atoms with Crippen LogP contribution in [-0.2, 0) is 0 Å². The van der Waals surface area contributed by atoms with Gasteiger partial charge in [-0.3, -0.25) is 9.20 Å². The molecule has 1 N–H and O–H groups in total. The van der Waals surface area contributed by atoms with Gasteiger partial charge in [0.05, 0.1) is 5.69 Å². The van der Waals surface area contributed by atoms with Gasteiger partial charge in [-0.2, -0.15) is 0 Å². The van der Waals surface area contributed by atoms with Crippen LogP contribution in [0.15, 0.2) is 35.8 Å². The van der Waals surface area contributed by atoms with Crippen molar-refractivity contribution < 1.29 is 4.79 Å². The van der Waals surface area contributed by atoms with Crippen molar-refractivity contribution in [2.75, 3.05) is 18.4 Å². The van der Waals surface area contributed by atoms with Crippen LogP contribution >= 0.6 is 11.3 Å². The number of thiazole rings is 1. The van der Waals surface area contributed by atoms with Crippen molar-refractivity contribution in [2.24, 2.45) is 0 Å². The van der Waals surface area contributed by atoms with Crippen molar-refractivity contribution in [1.29, 1.82) is 0 Å². The summed E-state index contributed by atoms with van der Waals surface area (Å²) in [5.74, 6) is 0.636. The highest BCUT2D eigenvalue weighted by molar-refractivity contribution is 7.15. The number of aromatic nitrogens is 2. The number of carbonyl (C=O) groups excluding carboxylic acids is 1. The Morgan fingerprint density at radius 3 is 2.81 bits per heavy atom. The number of benzene rings is 1. The summed E-state index contributed by atoms with van der Waals surface area (Å²) in [5.41, 5.74) is 4.14. The normalized spacial score (nSPS) is 17.6. The molecule has 27 heavy (non-hydrogen) atoms. The second-order valence-electron chi connectivity index (χ2n) is 7.67. The van der Waals surface area contributed by atoms with E-state index in [1.165, 1.54) is 16.9 Å². The van der Waals surface area contributed by atoms with Crippen LogP contribution in [-0.4, -0.2) is 39.3 Å². The molecule has 1 aromatic carbocycles. The fourth-order valence-electron chi connectivity index (χ4n) is 3.69. The minimum Gasteiger partial charge on any atom is -0.381 e. The molecule has 142 valence electrons. The van der Waals surface area contributed by atoms with E-state index in [1.807, 2.05) is 27.8 Å². The highest BCUT2D eigenvalue weighted by Crippen LogP contribution is 2.23. The predicted octanol–water partition coefficient (Wildman–Crippen LogP) is 4.54. The number of fused-ring (bicyclic) bond motifs is 1. The van der Waals surface area contributed by atoms with E-state index in [4.69, 9.17) is 0 Å². The molecule has 0 saturated carbocycles. The van der Waals surface area contributed by atoms with Crippen LogP contribution in [0.25, 0.3) is 4.96 Å². The van der Waals surface area contributed by atoms with E-state index >= 15 is 0 Å². The molecule has 0 radical (unpaired) electrons. The minimum atomic E-state index is 0.0975. The zero-order valence-electron chi connectivity index (χ0n) is 16.1. The number of hydrogen-bond acceptors (Lipinski definition) is 4. The molecule has 1 aliphatic heterocycles. The van der Waals surface area contributed by atoms with Crippen molar-refractivity contribution >= 4 is 27.9 Å². The van der Waals surface area contributed by atoms with Gasteiger partial charge in [0.25, 0.3) is 5.91 Å². The van der Waals surface area contributed by atoms with Gasteiger partial charge in [0.1, 0.15) is 5.69 Å². The summed E-state index contributed by atoms with van der Waals surface area (Å²) < 4.78 is 1.92. The maximum absolute atomic E-state index is 13.1. The highest BCUT2D eigenvalue weighted by Gasteiger charge is 2.26. The molecule has 1 aliphatic rings. The van der Waals surface area contributed by atoms with Gasteiger partial charge in [-0.1, -0.05) is 26.0 Å². The number of amides is 1. The Bertz CT molecular complexity index is 941. The number of hydrogen-bond donors (Lipinski definition) is 1. The molecule has 3 heterocycles. The van der Waals surface area contributed by atoms with Crippen molar-refractivity contribution in [3.05, 3.63) is 52.8 Å². The Balaban J connectivity index is 1.45. The fourth-order valence-corrected chi connectivity index (χ4v) is 4.58. The molecular formula is C21H26N4OS. The average Bonchev–Trinajstić information content (AvgIpc) is 3.21. The number of imidazole rings is 1. The first-order chi connectivity index (χ1) is 13.0. The van der Waals surface area contributed by atoms with Gasteiger partial charge in [0.15, 0.2) is 4.96 Å². The maximum atomic E-state index is 13.1. The first kappa shape index (κ1) is 18.0. The number of rotatable bonds is 4. The number of carbonyl (C=O) groups is 1.